The molecule has 356 valence electrons. The van der Waals surface area contributed by atoms with Gasteiger partial charge in [0.15, 0.2) is 6.10 Å². The Kier molecular flexibility index (Phi) is 33.8. The maximum atomic E-state index is 12.8. The SMILES string of the molecule is CCC=CCC=CCC=CC=CC(O)CC=CCCCC(=O)OC(COC(=O)CCCCCCCC=CCCCCCCCC)COP(=O)(O)OC1C(O)C(O)C(O)C(O)C1O. The fraction of sp³-hybridized carbons (Fsp3) is 0.702. The highest BCUT2D eigenvalue weighted by Gasteiger charge is 2.51. The highest BCUT2D eigenvalue weighted by Crippen LogP contribution is 2.47. The van der Waals surface area contributed by atoms with E-state index < -0.39 is 81.8 Å². The Labute approximate surface area is 370 Å². The summed E-state index contributed by atoms with van der Waals surface area (Å²) in [6, 6.07) is 0. The van der Waals surface area contributed by atoms with Gasteiger partial charge in [0, 0.05) is 12.8 Å². The van der Waals surface area contributed by atoms with E-state index in [1.54, 1.807) is 18.2 Å². The lowest BCUT2D eigenvalue weighted by atomic mass is 9.85. The van der Waals surface area contributed by atoms with Crippen molar-refractivity contribution in [2.24, 2.45) is 0 Å². The van der Waals surface area contributed by atoms with Gasteiger partial charge in [0.1, 0.15) is 43.2 Å². The van der Waals surface area contributed by atoms with Crippen molar-refractivity contribution in [3.05, 3.63) is 72.9 Å². The number of unbranched alkanes of at least 4 members (excludes halogenated alkanes) is 12. The van der Waals surface area contributed by atoms with Crippen LogP contribution in [-0.2, 0) is 32.7 Å². The first kappa shape index (κ1) is 57.3. The molecule has 7 unspecified atom stereocenters. The van der Waals surface area contributed by atoms with Gasteiger partial charge in [-0.2, -0.15) is 0 Å². The Morgan fingerprint density at radius 2 is 1.13 bits per heavy atom. The van der Waals surface area contributed by atoms with Gasteiger partial charge in [-0.3, -0.25) is 18.6 Å². The summed E-state index contributed by atoms with van der Waals surface area (Å²) in [5.41, 5.74) is 0. The van der Waals surface area contributed by atoms with Crippen molar-refractivity contribution in [3.8, 4) is 0 Å². The first-order valence-corrected chi connectivity index (χ1v) is 24.3. The van der Waals surface area contributed by atoms with Crippen LogP contribution in [0.2, 0.25) is 0 Å². The van der Waals surface area contributed by atoms with Crippen LogP contribution in [0.1, 0.15) is 149 Å². The lowest BCUT2D eigenvalue weighted by Crippen LogP contribution is -2.64. The smallest absolute Gasteiger partial charge is 0.462 e. The molecule has 62 heavy (non-hydrogen) atoms. The normalized spacial score (nSPS) is 23.0. The van der Waals surface area contributed by atoms with Crippen LogP contribution in [0.4, 0.5) is 0 Å². The molecule has 7 N–H and O–H groups in total. The molecule has 0 aromatic carbocycles. The Morgan fingerprint density at radius 1 is 0.597 bits per heavy atom. The van der Waals surface area contributed by atoms with E-state index in [0.29, 0.717) is 25.7 Å². The molecule has 0 aromatic heterocycles. The summed E-state index contributed by atoms with van der Waals surface area (Å²) in [6.45, 7) is 3.03. The molecule has 0 aliphatic heterocycles. The Hall–Kier alpha value is -2.75. The first-order chi connectivity index (χ1) is 29.8. The lowest BCUT2D eigenvalue weighted by Gasteiger charge is -2.41. The summed E-state index contributed by atoms with van der Waals surface area (Å²) < 4.78 is 33.4. The molecule has 1 aliphatic carbocycles. The van der Waals surface area contributed by atoms with Crippen molar-refractivity contribution < 1.29 is 68.2 Å². The highest BCUT2D eigenvalue weighted by atomic mass is 31.2. The van der Waals surface area contributed by atoms with E-state index in [0.717, 1.165) is 57.8 Å². The molecule has 0 spiro atoms. The predicted octanol–water partition coefficient (Wildman–Crippen LogP) is 7.69. The summed E-state index contributed by atoms with van der Waals surface area (Å²) in [4.78, 5) is 35.7. The van der Waals surface area contributed by atoms with Crippen molar-refractivity contribution in [2.45, 2.75) is 198 Å². The zero-order chi connectivity index (χ0) is 45.9. The van der Waals surface area contributed by atoms with E-state index >= 15 is 0 Å². The summed E-state index contributed by atoms with van der Waals surface area (Å²) in [5.74, 6) is -1.25. The molecule has 1 aliphatic rings. The minimum atomic E-state index is -5.16. The largest absolute Gasteiger partial charge is 0.472 e. The van der Waals surface area contributed by atoms with Crippen molar-refractivity contribution >= 4 is 19.8 Å². The standard InChI is InChI=1S/C47H79O14P/c1-3-5-7-9-11-13-15-16-17-18-19-21-23-25-30-34-40(49)58-36-39(37-59-62(56,57)61-47-45(54)43(52)42(51)44(53)46(47)55)60-41(50)35-31-27-26-29-33-38(48)32-28-24-22-20-14-12-10-8-6-4-2/h6,8,12,14,16-17,22,24,26,28-29,32,38-39,42-48,51-55H,3-5,7,9-11,13,15,18-21,23,25,27,30-31,33-37H2,1-2H3,(H,56,57). The van der Waals surface area contributed by atoms with Gasteiger partial charge in [0.2, 0.25) is 0 Å². The number of ether oxygens (including phenoxy) is 2. The lowest BCUT2D eigenvalue weighted by molar-refractivity contribution is -0.220. The van der Waals surface area contributed by atoms with Crippen LogP contribution in [0, 0.1) is 0 Å². The molecule has 14 nitrogen and oxygen atoms in total. The molecule has 0 radical (unpaired) electrons. The predicted molar refractivity (Wildman–Crippen MR) is 241 cm³/mol. The number of carbonyl (C=O) groups excluding carboxylic acids is 2. The molecule has 0 heterocycles. The number of esters is 2. The molecular formula is C47H79O14P. The van der Waals surface area contributed by atoms with Crippen LogP contribution in [0.15, 0.2) is 72.9 Å². The minimum absolute atomic E-state index is 0.0495. The third-order valence-electron chi connectivity index (χ3n) is 10.1. The van der Waals surface area contributed by atoms with Gasteiger partial charge in [-0.1, -0.05) is 138 Å². The first-order valence-electron chi connectivity index (χ1n) is 22.8. The van der Waals surface area contributed by atoms with Crippen molar-refractivity contribution in [1.82, 2.24) is 0 Å². The molecule has 1 fully saturated rings. The molecule has 1 rings (SSSR count). The zero-order valence-electron chi connectivity index (χ0n) is 37.2. The van der Waals surface area contributed by atoms with E-state index in [4.69, 9.17) is 18.5 Å². The van der Waals surface area contributed by atoms with E-state index in [1.165, 1.54) is 38.5 Å². The number of aliphatic hydroxyl groups is 6. The van der Waals surface area contributed by atoms with E-state index in [9.17, 15) is 49.7 Å². The van der Waals surface area contributed by atoms with Crippen molar-refractivity contribution in [3.63, 3.8) is 0 Å². The number of hydrogen-bond donors (Lipinski definition) is 7. The number of phosphoric ester groups is 1. The average Bonchev–Trinajstić information content (AvgIpc) is 3.25. The Balaban J connectivity index is 2.56. The number of phosphoric acid groups is 1. The maximum absolute atomic E-state index is 12.8. The van der Waals surface area contributed by atoms with Crippen LogP contribution in [0.3, 0.4) is 0 Å². The second-order valence-corrected chi connectivity index (χ2v) is 17.1. The fourth-order valence-corrected chi connectivity index (χ4v) is 7.37. The summed E-state index contributed by atoms with van der Waals surface area (Å²) in [7, 11) is -5.16. The van der Waals surface area contributed by atoms with Gasteiger partial charge < -0.3 is 45.0 Å². The zero-order valence-corrected chi connectivity index (χ0v) is 38.1. The molecule has 1 saturated carbocycles. The van der Waals surface area contributed by atoms with Crippen LogP contribution in [0.25, 0.3) is 0 Å². The van der Waals surface area contributed by atoms with E-state index in [2.05, 4.69) is 50.3 Å². The second-order valence-electron chi connectivity index (χ2n) is 15.7. The monoisotopic (exact) mass is 899 g/mol. The molecule has 0 aromatic rings. The number of hydrogen-bond acceptors (Lipinski definition) is 13. The number of aliphatic hydroxyl groups excluding tert-OH is 6. The maximum Gasteiger partial charge on any atom is 0.472 e. The summed E-state index contributed by atoms with van der Waals surface area (Å²) in [5, 5.41) is 60.3. The quantitative estimate of drug-likeness (QED) is 0.0105. The second kappa shape index (κ2) is 36.6. The average molecular weight is 899 g/mol. The minimum Gasteiger partial charge on any atom is -0.462 e. The summed E-state index contributed by atoms with van der Waals surface area (Å²) in [6.07, 6.45) is 28.3. The Morgan fingerprint density at radius 3 is 1.77 bits per heavy atom. The van der Waals surface area contributed by atoms with Gasteiger partial charge in [-0.05, 0) is 70.6 Å². The number of carbonyl (C=O) groups is 2. The highest BCUT2D eigenvalue weighted by molar-refractivity contribution is 7.47. The number of rotatable bonds is 36. The summed E-state index contributed by atoms with van der Waals surface area (Å²) >= 11 is 0. The third kappa shape index (κ3) is 28.8. The molecule has 0 amide bonds. The van der Waals surface area contributed by atoms with Crippen LogP contribution in [0.5, 0.6) is 0 Å². The van der Waals surface area contributed by atoms with Gasteiger partial charge >= 0.3 is 19.8 Å². The van der Waals surface area contributed by atoms with Crippen molar-refractivity contribution in [2.75, 3.05) is 13.2 Å². The van der Waals surface area contributed by atoms with Crippen LogP contribution < -0.4 is 0 Å². The molecule has 7 atom stereocenters. The van der Waals surface area contributed by atoms with Gasteiger partial charge in [0.05, 0.1) is 12.7 Å². The van der Waals surface area contributed by atoms with Gasteiger partial charge in [-0.25, -0.2) is 4.57 Å². The fourth-order valence-electron chi connectivity index (χ4n) is 6.40. The van der Waals surface area contributed by atoms with Crippen molar-refractivity contribution in [1.29, 1.82) is 0 Å². The molecule has 15 heteroatoms. The van der Waals surface area contributed by atoms with Gasteiger partial charge in [0.25, 0.3) is 0 Å². The Bertz CT molecular complexity index is 1380. The third-order valence-corrected chi connectivity index (χ3v) is 11.1. The van der Waals surface area contributed by atoms with Gasteiger partial charge in [-0.15, -0.1) is 0 Å². The van der Waals surface area contributed by atoms with E-state index in [-0.39, 0.29) is 12.8 Å². The molecule has 0 bridgehead atoms. The van der Waals surface area contributed by atoms with E-state index in [1.807, 2.05) is 18.2 Å². The van der Waals surface area contributed by atoms with Crippen LogP contribution >= 0.6 is 7.82 Å². The van der Waals surface area contributed by atoms with Crippen LogP contribution in [-0.4, -0.2) is 110 Å². The number of allylic oxidation sites excluding steroid dienone is 10. The molecular weight excluding hydrogens is 819 g/mol. The topological polar surface area (TPSA) is 230 Å². The molecule has 0 saturated heterocycles.